The van der Waals surface area contributed by atoms with E-state index in [9.17, 15) is 14.8 Å². The molecule has 1 rings (SSSR count). The van der Waals surface area contributed by atoms with Crippen LogP contribution in [0.25, 0.3) is 0 Å². The van der Waals surface area contributed by atoms with Crippen LogP contribution in [0.2, 0.25) is 0 Å². The third-order valence-corrected chi connectivity index (χ3v) is 2.45. The van der Waals surface area contributed by atoms with Crippen molar-refractivity contribution in [1.29, 1.82) is 0 Å². The number of hydrogen-bond donors (Lipinski definition) is 2. The molecular weight excluding hydrogens is 250 g/mol. The summed E-state index contributed by atoms with van der Waals surface area (Å²) in [5.41, 5.74) is -0.892. The normalized spacial score (nSPS) is 12.3. The summed E-state index contributed by atoms with van der Waals surface area (Å²) >= 11 is 0. The lowest BCUT2D eigenvalue weighted by Crippen LogP contribution is -2.29. The van der Waals surface area contributed by atoms with Gasteiger partial charge in [-0.05, 0) is 18.2 Å². The van der Waals surface area contributed by atoms with Crippen LogP contribution in [0, 0.1) is 5.21 Å². The van der Waals surface area contributed by atoms with Crippen molar-refractivity contribution < 1.29 is 24.5 Å². The molecule has 6 nitrogen and oxygen atoms in total. The second-order valence-electron chi connectivity index (χ2n) is 5.04. The van der Waals surface area contributed by atoms with E-state index in [0.29, 0.717) is 4.74 Å². The van der Waals surface area contributed by atoms with E-state index < -0.39 is 17.5 Å². The molecule has 1 aromatic carbocycles. The second kappa shape index (κ2) is 5.09. The number of benzene rings is 1. The average molecular weight is 265 g/mol. The highest BCUT2D eigenvalue weighted by Gasteiger charge is 2.20. The zero-order chi connectivity index (χ0) is 14.8. The summed E-state index contributed by atoms with van der Waals surface area (Å²) in [5, 5.41) is 29.7. The third kappa shape index (κ3) is 3.54. The number of hydrogen-bond acceptors (Lipinski definition) is 3. The van der Waals surface area contributed by atoms with Crippen molar-refractivity contribution in [3.05, 3.63) is 40.1 Å². The minimum absolute atomic E-state index is 0.136. The van der Waals surface area contributed by atoms with Gasteiger partial charge in [0.15, 0.2) is 11.8 Å². The van der Waals surface area contributed by atoms with Gasteiger partial charge in [-0.25, -0.2) is 14.3 Å². The SMILES string of the molecule is CC(C)(C)[N+]([O-])=Cc1ccc(C(=O)O)cc1C(=O)O. The molecule has 0 aliphatic carbocycles. The largest absolute Gasteiger partial charge is 0.623 e. The Morgan fingerprint density at radius 3 is 2.21 bits per heavy atom. The number of nitrogens with zero attached hydrogens (tertiary/aromatic N) is 1. The minimum atomic E-state index is -1.28. The van der Waals surface area contributed by atoms with Crippen molar-refractivity contribution in [2.24, 2.45) is 0 Å². The van der Waals surface area contributed by atoms with E-state index in [1.54, 1.807) is 20.8 Å². The van der Waals surface area contributed by atoms with E-state index in [-0.39, 0.29) is 16.7 Å². The Morgan fingerprint density at radius 1 is 1.21 bits per heavy atom. The second-order valence-corrected chi connectivity index (χ2v) is 5.04. The molecule has 0 unspecified atom stereocenters. The molecule has 0 saturated heterocycles. The molecule has 1 aromatic rings. The highest BCUT2D eigenvalue weighted by Crippen LogP contribution is 2.13. The van der Waals surface area contributed by atoms with E-state index in [4.69, 9.17) is 10.2 Å². The maximum atomic E-state index is 11.8. The van der Waals surface area contributed by atoms with Gasteiger partial charge in [0.25, 0.3) is 0 Å². The summed E-state index contributed by atoms with van der Waals surface area (Å²) < 4.78 is 0.634. The molecule has 0 aromatic heterocycles. The number of rotatable bonds is 3. The first-order valence-corrected chi connectivity index (χ1v) is 5.55. The van der Waals surface area contributed by atoms with Crippen LogP contribution in [-0.2, 0) is 0 Å². The molecule has 2 N–H and O–H groups in total. The third-order valence-electron chi connectivity index (χ3n) is 2.45. The summed E-state index contributed by atoms with van der Waals surface area (Å²) in [6.45, 7) is 5.05. The van der Waals surface area contributed by atoms with Gasteiger partial charge in [0.05, 0.1) is 16.7 Å². The average Bonchev–Trinajstić information content (AvgIpc) is 2.27. The first-order chi connectivity index (χ1) is 8.62. The molecule has 0 bridgehead atoms. The van der Waals surface area contributed by atoms with Crippen molar-refractivity contribution in [3.63, 3.8) is 0 Å². The lowest BCUT2D eigenvalue weighted by Gasteiger charge is -2.18. The van der Waals surface area contributed by atoms with Crippen LogP contribution in [0.4, 0.5) is 0 Å². The van der Waals surface area contributed by atoms with Crippen LogP contribution in [0.1, 0.15) is 47.1 Å². The Kier molecular flexibility index (Phi) is 3.94. The fraction of sp³-hybridized carbons (Fsp3) is 0.308. The molecule has 0 aliphatic heterocycles. The first-order valence-electron chi connectivity index (χ1n) is 5.55. The van der Waals surface area contributed by atoms with E-state index in [1.165, 1.54) is 12.1 Å². The molecule has 0 radical (unpaired) electrons. The van der Waals surface area contributed by atoms with Gasteiger partial charge in [0.1, 0.15) is 0 Å². The number of hydroxylamine groups is 1. The summed E-state index contributed by atoms with van der Waals surface area (Å²) in [6, 6.07) is 3.60. The first kappa shape index (κ1) is 14.7. The molecule has 0 saturated carbocycles. The number of aromatic carboxylic acids is 2. The molecule has 102 valence electrons. The van der Waals surface area contributed by atoms with Crippen LogP contribution in [0.3, 0.4) is 0 Å². The number of carbonyl (C=O) groups is 2. The lowest BCUT2D eigenvalue weighted by molar-refractivity contribution is -0.530. The van der Waals surface area contributed by atoms with E-state index in [0.717, 1.165) is 12.3 Å². The van der Waals surface area contributed by atoms with Gasteiger partial charge >= 0.3 is 11.9 Å². The topological polar surface area (TPSA) is 101 Å². The molecular formula is C13H15NO5. The molecule has 0 aliphatic rings. The standard InChI is InChI=1S/C13H15NO5/c1-13(2,3)14(19)7-9-5-4-8(11(15)16)6-10(9)12(17)18/h4-7H,1-3H3,(H,15,16)(H,17,18). The summed E-state index contributed by atoms with van der Waals surface area (Å²) in [7, 11) is 0. The lowest BCUT2D eigenvalue weighted by atomic mass is 10.0. The van der Waals surface area contributed by atoms with Gasteiger partial charge in [0.2, 0.25) is 0 Å². The molecule has 0 fully saturated rings. The van der Waals surface area contributed by atoms with Crippen LogP contribution in [-0.4, -0.2) is 38.6 Å². The molecule has 0 atom stereocenters. The maximum Gasteiger partial charge on any atom is 0.336 e. The zero-order valence-electron chi connectivity index (χ0n) is 10.9. The van der Waals surface area contributed by atoms with Crippen molar-refractivity contribution in [2.45, 2.75) is 26.3 Å². The maximum absolute atomic E-state index is 11.8. The summed E-state index contributed by atoms with van der Waals surface area (Å²) in [6.07, 6.45) is 1.15. The van der Waals surface area contributed by atoms with Gasteiger partial charge in [-0.2, -0.15) is 0 Å². The number of carboxylic acid groups (broad SMARTS) is 2. The summed E-state index contributed by atoms with van der Waals surface area (Å²) in [5.74, 6) is -2.50. The molecule has 0 amide bonds. The molecule has 0 heterocycles. The smallest absolute Gasteiger partial charge is 0.336 e. The van der Waals surface area contributed by atoms with E-state index >= 15 is 0 Å². The molecule has 19 heavy (non-hydrogen) atoms. The monoisotopic (exact) mass is 265 g/mol. The Labute approximate surface area is 110 Å². The Morgan fingerprint density at radius 2 is 1.79 bits per heavy atom. The Hall–Kier alpha value is -2.37. The van der Waals surface area contributed by atoms with Gasteiger partial charge in [-0.1, -0.05) is 0 Å². The zero-order valence-corrected chi connectivity index (χ0v) is 10.9. The van der Waals surface area contributed by atoms with Crippen molar-refractivity contribution >= 4 is 18.2 Å². The Balaban J connectivity index is 3.37. The van der Waals surface area contributed by atoms with Crippen molar-refractivity contribution in [2.75, 3.05) is 0 Å². The van der Waals surface area contributed by atoms with E-state index in [2.05, 4.69) is 0 Å². The highest BCUT2D eigenvalue weighted by molar-refractivity contribution is 6.00. The fourth-order valence-electron chi connectivity index (χ4n) is 1.31. The van der Waals surface area contributed by atoms with Crippen molar-refractivity contribution in [3.8, 4) is 0 Å². The summed E-state index contributed by atoms with van der Waals surface area (Å²) in [4.78, 5) is 21.9. The highest BCUT2D eigenvalue weighted by atomic mass is 16.5. The Bertz CT molecular complexity index is 555. The predicted octanol–water partition coefficient (Wildman–Crippen LogP) is 1.81. The molecule has 6 heteroatoms. The van der Waals surface area contributed by atoms with Gasteiger partial charge < -0.3 is 15.4 Å². The van der Waals surface area contributed by atoms with Crippen LogP contribution >= 0.6 is 0 Å². The van der Waals surface area contributed by atoms with Gasteiger partial charge in [-0.3, -0.25) is 0 Å². The van der Waals surface area contributed by atoms with Crippen LogP contribution in [0.5, 0.6) is 0 Å². The van der Waals surface area contributed by atoms with Crippen molar-refractivity contribution in [1.82, 2.24) is 0 Å². The number of carboxylic acids is 2. The van der Waals surface area contributed by atoms with Crippen LogP contribution < -0.4 is 0 Å². The van der Waals surface area contributed by atoms with Gasteiger partial charge in [-0.15, -0.1) is 0 Å². The van der Waals surface area contributed by atoms with E-state index in [1.807, 2.05) is 0 Å². The minimum Gasteiger partial charge on any atom is -0.623 e. The fourth-order valence-corrected chi connectivity index (χ4v) is 1.31. The predicted molar refractivity (Wildman–Crippen MR) is 68.9 cm³/mol. The quantitative estimate of drug-likeness (QED) is 0.375. The van der Waals surface area contributed by atoms with Crippen LogP contribution in [0.15, 0.2) is 18.2 Å². The molecule has 0 spiro atoms. The van der Waals surface area contributed by atoms with Gasteiger partial charge in [0, 0.05) is 20.8 Å².